The van der Waals surface area contributed by atoms with Crippen molar-refractivity contribution >= 4 is 22.7 Å². The van der Waals surface area contributed by atoms with Crippen LogP contribution >= 0.6 is 22.7 Å². The van der Waals surface area contributed by atoms with E-state index in [9.17, 15) is 0 Å². The van der Waals surface area contributed by atoms with Crippen molar-refractivity contribution < 1.29 is 0 Å². The monoisotopic (exact) mass is 242 g/mol. The topological polar surface area (TPSA) is 25.8 Å². The van der Waals surface area contributed by atoms with Gasteiger partial charge in [0.1, 0.15) is 0 Å². The molecule has 0 fully saturated rings. The Bertz CT molecular complexity index is 339. The van der Waals surface area contributed by atoms with Crippen molar-refractivity contribution in [1.82, 2.24) is 9.97 Å². The molecule has 0 spiro atoms. The van der Waals surface area contributed by atoms with Crippen LogP contribution in [0.4, 0.5) is 0 Å². The van der Waals surface area contributed by atoms with E-state index in [4.69, 9.17) is 0 Å². The van der Waals surface area contributed by atoms with Gasteiger partial charge in [-0.25, -0.2) is 9.97 Å². The highest BCUT2D eigenvalue weighted by atomic mass is 32.1. The lowest BCUT2D eigenvalue weighted by atomic mass is 10.6. The molecule has 0 aliphatic carbocycles. The molecule has 15 heavy (non-hydrogen) atoms. The lowest BCUT2D eigenvalue weighted by Crippen LogP contribution is -1.68. The molecule has 2 nitrogen and oxygen atoms in total. The number of aryl methyl sites for hydroxylation is 1. The molecule has 2 heterocycles. The Morgan fingerprint density at radius 1 is 1.00 bits per heavy atom. The third-order valence-electron chi connectivity index (χ3n) is 1.24. The highest BCUT2D eigenvalue weighted by Gasteiger charge is 2.03. The Morgan fingerprint density at radius 2 is 1.67 bits per heavy atom. The molecule has 2 aromatic rings. The van der Waals surface area contributed by atoms with Crippen molar-refractivity contribution in [2.24, 2.45) is 0 Å². The second-order valence-corrected chi connectivity index (χ2v) is 4.24. The fourth-order valence-corrected chi connectivity index (χ4v) is 2.23. The Morgan fingerprint density at radius 3 is 2.07 bits per heavy atom. The van der Waals surface area contributed by atoms with Crippen LogP contribution < -0.4 is 0 Å². The van der Waals surface area contributed by atoms with Crippen LogP contribution in [0.1, 0.15) is 32.6 Å². The number of thiazole rings is 2. The van der Waals surface area contributed by atoms with E-state index < -0.39 is 0 Å². The second kappa shape index (κ2) is 8.56. The minimum Gasteiger partial charge on any atom is -0.242 e. The molecule has 4 heteroatoms. The summed E-state index contributed by atoms with van der Waals surface area (Å²) in [4.78, 5) is 9.62. The zero-order chi connectivity index (χ0) is 11.7. The zero-order valence-corrected chi connectivity index (χ0v) is 11.6. The molecular formula is C11H18N2S2. The largest absolute Gasteiger partial charge is 0.242 e. The van der Waals surface area contributed by atoms with Gasteiger partial charge in [-0.15, -0.1) is 22.7 Å². The molecule has 0 aliphatic heterocycles. The van der Waals surface area contributed by atoms with Crippen LogP contribution in [0.3, 0.4) is 0 Å². The van der Waals surface area contributed by atoms with Crippen molar-refractivity contribution in [3.05, 3.63) is 22.7 Å². The molecule has 0 saturated heterocycles. The minimum absolute atomic E-state index is 1.02. The average molecular weight is 242 g/mol. The van der Waals surface area contributed by atoms with Crippen LogP contribution in [0.25, 0.3) is 10.0 Å². The predicted octanol–water partition coefficient (Wildman–Crippen LogP) is 4.63. The molecule has 0 aromatic carbocycles. The first-order valence-electron chi connectivity index (χ1n) is 5.18. The second-order valence-electron chi connectivity index (χ2n) is 2.11. The van der Waals surface area contributed by atoms with Gasteiger partial charge in [-0.05, 0) is 6.92 Å². The standard InChI is InChI=1S/C7H6N2S2.2C2H6/c1-5-4-9-7(11-5)6-8-2-3-10-6;2*1-2/h2-4H,1H3;2*1-2H3. The van der Waals surface area contributed by atoms with Gasteiger partial charge < -0.3 is 0 Å². The highest BCUT2D eigenvalue weighted by Crippen LogP contribution is 2.25. The molecule has 0 amide bonds. The fraction of sp³-hybridized carbons (Fsp3) is 0.455. The summed E-state index contributed by atoms with van der Waals surface area (Å²) in [6.45, 7) is 10.1. The van der Waals surface area contributed by atoms with E-state index in [1.807, 2.05) is 39.3 Å². The van der Waals surface area contributed by atoms with Gasteiger partial charge in [-0.1, -0.05) is 27.7 Å². The SMILES string of the molecule is CC.CC.Cc1cnc(-c2nccs2)s1. The van der Waals surface area contributed by atoms with Crippen LogP contribution in [0.15, 0.2) is 17.8 Å². The van der Waals surface area contributed by atoms with Gasteiger partial charge in [0.15, 0.2) is 10.0 Å². The first-order valence-corrected chi connectivity index (χ1v) is 6.88. The van der Waals surface area contributed by atoms with Gasteiger partial charge in [0.05, 0.1) is 0 Å². The summed E-state index contributed by atoms with van der Waals surface area (Å²) in [5.41, 5.74) is 0. The lowest BCUT2D eigenvalue weighted by molar-refractivity contribution is 1.34. The number of hydrogen-bond acceptors (Lipinski definition) is 4. The predicted molar refractivity (Wildman–Crippen MR) is 70.7 cm³/mol. The van der Waals surface area contributed by atoms with Gasteiger partial charge >= 0.3 is 0 Å². The average Bonchev–Trinajstić information content (AvgIpc) is 2.94. The molecule has 2 aromatic heterocycles. The molecule has 2 rings (SSSR count). The van der Waals surface area contributed by atoms with E-state index in [1.54, 1.807) is 28.9 Å². The van der Waals surface area contributed by atoms with Crippen LogP contribution in [-0.4, -0.2) is 9.97 Å². The molecule has 0 bridgehead atoms. The first kappa shape index (κ1) is 14.3. The van der Waals surface area contributed by atoms with Crippen molar-refractivity contribution in [3.63, 3.8) is 0 Å². The number of aromatic nitrogens is 2. The van der Waals surface area contributed by atoms with Gasteiger partial charge in [-0.2, -0.15) is 0 Å². The molecule has 0 saturated carbocycles. The lowest BCUT2D eigenvalue weighted by Gasteiger charge is -1.82. The Hall–Kier alpha value is -0.740. The molecule has 0 radical (unpaired) electrons. The van der Waals surface area contributed by atoms with Crippen molar-refractivity contribution in [2.75, 3.05) is 0 Å². The maximum absolute atomic E-state index is 4.22. The third-order valence-corrected chi connectivity index (χ3v) is 3.07. The number of rotatable bonds is 1. The van der Waals surface area contributed by atoms with E-state index in [1.165, 1.54) is 4.88 Å². The Kier molecular flexibility index (Phi) is 8.14. The fourth-order valence-electron chi connectivity index (χ4n) is 0.783. The normalized spacial score (nSPS) is 8.33. The summed E-state index contributed by atoms with van der Waals surface area (Å²) in [6.07, 6.45) is 3.68. The smallest absolute Gasteiger partial charge is 0.152 e. The van der Waals surface area contributed by atoms with Gasteiger partial charge in [0.2, 0.25) is 0 Å². The maximum Gasteiger partial charge on any atom is 0.152 e. The number of hydrogen-bond donors (Lipinski definition) is 0. The number of nitrogens with zero attached hydrogens (tertiary/aromatic N) is 2. The Labute approximate surface area is 100 Å². The zero-order valence-electron chi connectivity index (χ0n) is 9.94. The summed E-state index contributed by atoms with van der Waals surface area (Å²) < 4.78 is 0. The Balaban J connectivity index is 0.000000442. The van der Waals surface area contributed by atoms with Crippen molar-refractivity contribution in [2.45, 2.75) is 34.6 Å². The highest BCUT2D eigenvalue weighted by molar-refractivity contribution is 7.20. The summed E-state index contributed by atoms with van der Waals surface area (Å²) in [5.74, 6) is 0. The minimum atomic E-state index is 1.02. The van der Waals surface area contributed by atoms with Crippen LogP contribution in [-0.2, 0) is 0 Å². The van der Waals surface area contributed by atoms with E-state index in [0.29, 0.717) is 0 Å². The summed E-state index contributed by atoms with van der Waals surface area (Å²) >= 11 is 3.31. The van der Waals surface area contributed by atoms with Crippen LogP contribution in [0, 0.1) is 6.92 Å². The van der Waals surface area contributed by atoms with Crippen molar-refractivity contribution in [1.29, 1.82) is 0 Å². The molecule has 84 valence electrons. The van der Waals surface area contributed by atoms with Crippen LogP contribution in [0.5, 0.6) is 0 Å². The third kappa shape index (κ3) is 4.53. The van der Waals surface area contributed by atoms with Crippen molar-refractivity contribution in [3.8, 4) is 10.0 Å². The summed E-state index contributed by atoms with van der Waals surface area (Å²) in [6, 6.07) is 0. The van der Waals surface area contributed by atoms with Crippen LogP contribution in [0.2, 0.25) is 0 Å². The van der Waals surface area contributed by atoms with Gasteiger partial charge in [0.25, 0.3) is 0 Å². The summed E-state index contributed by atoms with van der Waals surface area (Å²) in [7, 11) is 0. The van der Waals surface area contributed by atoms with E-state index >= 15 is 0 Å². The van der Waals surface area contributed by atoms with E-state index in [2.05, 4.69) is 16.9 Å². The summed E-state index contributed by atoms with van der Waals surface area (Å²) in [5, 5.41) is 4.01. The van der Waals surface area contributed by atoms with E-state index in [-0.39, 0.29) is 0 Å². The van der Waals surface area contributed by atoms with Gasteiger partial charge in [-0.3, -0.25) is 0 Å². The van der Waals surface area contributed by atoms with Gasteiger partial charge in [0, 0.05) is 22.7 Å². The first-order chi connectivity index (χ1) is 7.36. The quantitative estimate of drug-likeness (QED) is 0.728. The molecular weight excluding hydrogens is 224 g/mol. The molecule has 0 N–H and O–H groups in total. The molecule has 0 aliphatic rings. The maximum atomic E-state index is 4.22. The molecule has 0 atom stereocenters. The molecule has 0 unspecified atom stereocenters. The van der Waals surface area contributed by atoms with E-state index in [0.717, 1.165) is 10.0 Å².